The largest absolute Gasteiger partial charge is 0.316 e. The van der Waals surface area contributed by atoms with Crippen molar-refractivity contribution in [2.75, 3.05) is 25.0 Å². The van der Waals surface area contributed by atoms with Gasteiger partial charge in [-0.15, -0.1) is 12.4 Å². The summed E-state index contributed by atoms with van der Waals surface area (Å²) in [6.45, 7) is 4.09. The maximum atomic E-state index is 12.2. The summed E-state index contributed by atoms with van der Waals surface area (Å²) in [5.74, 6) is 0.811. The van der Waals surface area contributed by atoms with E-state index in [4.69, 9.17) is 11.6 Å². The van der Waals surface area contributed by atoms with Crippen molar-refractivity contribution >= 4 is 35.6 Å². The number of hydrogen-bond donors (Lipinski definition) is 1. The van der Waals surface area contributed by atoms with Gasteiger partial charge in [0.2, 0.25) is 5.91 Å². The quantitative estimate of drug-likeness (QED) is 0.923. The fourth-order valence-electron chi connectivity index (χ4n) is 2.39. The van der Waals surface area contributed by atoms with Gasteiger partial charge in [-0.2, -0.15) is 0 Å². The van der Waals surface area contributed by atoms with Crippen LogP contribution in [0.5, 0.6) is 0 Å². The van der Waals surface area contributed by atoms with Gasteiger partial charge in [0.1, 0.15) is 0 Å². The average molecular weight is 317 g/mol. The summed E-state index contributed by atoms with van der Waals surface area (Å²) < 4.78 is 0. The fourth-order valence-corrected chi connectivity index (χ4v) is 2.57. The van der Waals surface area contributed by atoms with Crippen LogP contribution in [-0.2, 0) is 4.79 Å². The Kier molecular flexibility index (Phi) is 6.80. The van der Waals surface area contributed by atoms with Crippen molar-refractivity contribution in [3.63, 3.8) is 0 Å². The van der Waals surface area contributed by atoms with Gasteiger partial charge in [0.05, 0.1) is 0 Å². The number of aryl methyl sites for hydroxylation is 1. The number of rotatable bonds is 4. The summed E-state index contributed by atoms with van der Waals surface area (Å²) in [6.07, 6.45) is 2.76. The van der Waals surface area contributed by atoms with E-state index in [9.17, 15) is 4.79 Å². The molecule has 1 amide bonds. The van der Waals surface area contributed by atoms with Gasteiger partial charge in [-0.3, -0.25) is 4.79 Å². The first-order valence-corrected chi connectivity index (χ1v) is 7.19. The van der Waals surface area contributed by atoms with Crippen LogP contribution in [0.4, 0.5) is 5.69 Å². The maximum Gasteiger partial charge on any atom is 0.226 e. The predicted octanol–water partition coefficient (Wildman–Crippen LogP) is 3.42. The summed E-state index contributed by atoms with van der Waals surface area (Å²) in [7, 11) is 1.82. The highest BCUT2D eigenvalue weighted by Gasteiger charge is 2.18. The molecule has 1 unspecified atom stereocenters. The van der Waals surface area contributed by atoms with Gasteiger partial charge >= 0.3 is 0 Å². The Balaban J connectivity index is 0.00000200. The Morgan fingerprint density at radius 3 is 2.85 bits per heavy atom. The van der Waals surface area contributed by atoms with Crippen molar-refractivity contribution in [3.8, 4) is 0 Å². The summed E-state index contributed by atoms with van der Waals surface area (Å²) in [5.41, 5.74) is 1.90. The lowest BCUT2D eigenvalue weighted by Crippen LogP contribution is -2.26. The number of nitrogens with one attached hydrogen (secondary N) is 1. The van der Waals surface area contributed by atoms with Crippen molar-refractivity contribution in [2.45, 2.75) is 26.2 Å². The van der Waals surface area contributed by atoms with Gasteiger partial charge in [-0.25, -0.2) is 0 Å². The Morgan fingerprint density at radius 2 is 2.25 bits per heavy atom. The van der Waals surface area contributed by atoms with Crippen LogP contribution in [0.3, 0.4) is 0 Å². The van der Waals surface area contributed by atoms with Gasteiger partial charge in [0.15, 0.2) is 0 Å². The van der Waals surface area contributed by atoms with E-state index in [1.807, 2.05) is 32.2 Å². The standard InChI is InChI=1S/C15H21ClN2O.ClH/c1-11-3-5-13(9-14(11)16)18(2)15(19)6-4-12-7-8-17-10-12;/h3,5,9,12,17H,4,6-8,10H2,1-2H3;1H. The maximum absolute atomic E-state index is 12.2. The summed E-state index contributed by atoms with van der Waals surface area (Å²) in [6, 6.07) is 5.74. The third-order valence-corrected chi connectivity index (χ3v) is 4.25. The summed E-state index contributed by atoms with van der Waals surface area (Å²) >= 11 is 6.10. The minimum atomic E-state index is 0. The average Bonchev–Trinajstić information content (AvgIpc) is 2.91. The number of amides is 1. The van der Waals surface area contributed by atoms with E-state index in [0.717, 1.165) is 30.8 Å². The first-order chi connectivity index (χ1) is 9.08. The van der Waals surface area contributed by atoms with Crippen LogP contribution in [0.1, 0.15) is 24.8 Å². The van der Waals surface area contributed by atoms with Crippen molar-refractivity contribution in [1.29, 1.82) is 0 Å². The summed E-state index contributed by atoms with van der Waals surface area (Å²) in [5, 5.41) is 4.03. The van der Waals surface area contributed by atoms with Crippen LogP contribution in [0, 0.1) is 12.8 Å². The molecule has 112 valence electrons. The highest BCUT2D eigenvalue weighted by atomic mass is 35.5. The number of carbonyl (C=O) groups is 1. The Bertz CT molecular complexity index is 459. The molecule has 20 heavy (non-hydrogen) atoms. The van der Waals surface area contributed by atoms with E-state index in [-0.39, 0.29) is 18.3 Å². The van der Waals surface area contributed by atoms with Crippen LogP contribution >= 0.6 is 24.0 Å². The molecule has 0 aromatic heterocycles. The second kappa shape index (κ2) is 7.87. The zero-order valence-corrected chi connectivity index (χ0v) is 13.6. The van der Waals surface area contributed by atoms with E-state index in [2.05, 4.69) is 5.32 Å². The molecule has 1 aromatic carbocycles. The van der Waals surface area contributed by atoms with Gasteiger partial charge in [0, 0.05) is 24.2 Å². The predicted molar refractivity (Wildman–Crippen MR) is 87.1 cm³/mol. The van der Waals surface area contributed by atoms with Crippen molar-refractivity contribution < 1.29 is 4.79 Å². The minimum absolute atomic E-state index is 0. The zero-order chi connectivity index (χ0) is 13.8. The molecule has 5 heteroatoms. The highest BCUT2D eigenvalue weighted by molar-refractivity contribution is 6.31. The Labute approximate surface area is 132 Å². The van der Waals surface area contributed by atoms with E-state index < -0.39 is 0 Å². The molecule has 1 aliphatic heterocycles. The first kappa shape index (κ1) is 17.3. The van der Waals surface area contributed by atoms with Crippen molar-refractivity contribution in [1.82, 2.24) is 5.32 Å². The molecule has 0 aliphatic carbocycles. The second-order valence-corrected chi connectivity index (χ2v) is 5.69. The molecule has 1 heterocycles. The van der Waals surface area contributed by atoms with Crippen LogP contribution in [0.2, 0.25) is 5.02 Å². The van der Waals surface area contributed by atoms with Crippen LogP contribution < -0.4 is 10.2 Å². The lowest BCUT2D eigenvalue weighted by Gasteiger charge is -2.19. The molecule has 0 bridgehead atoms. The number of benzene rings is 1. The van der Waals surface area contributed by atoms with E-state index in [0.29, 0.717) is 17.4 Å². The second-order valence-electron chi connectivity index (χ2n) is 5.28. The molecule has 3 nitrogen and oxygen atoms in total. The van der Waals surface area contributed by atoms with Crippen LogP contribution in [0.15, 0.2) is 18.2 Å². The lowest BCUT2D eigenvalue weighted by molar-refractivity contribution is -0.118. The monoisotopic (exact) mass is 316 g/mol. The molecule has 2 rings (SSSR count). The molecule has 0 saturated carbocycles. The number of halogens is 2. The molecular weight excluding hydrogens is 295 g/mol. The third kappa shape index (κ3) is 4.37. The van der Waals surface area contributed by atoms with Gasteiger partial charge in [-0.1, -0.05) is 17.7 Å². The normalized spacial score (nSPS) is 17.6. The first-order valence-electron chi connectivity index (χ1n) is 6.81. The Hall–Kier alpha value is -0.770. The molecule has 1 aromatic rings. The van der Waals surface area contributed by atoms with Gasteiger partial charge in [-0.05, 0) is 56.5 Å². The molecule has 1 saturated heterocycles. The zero-order valence-electron chi connectivity index (χ0n) is 12.0. The molecule has 0 spiro atoms. The topological polar surface area (TPSA) is 32.3 Å². The molecule has 1 atom stereocenters. The van der Waals surface area contributed by atoms with Gasteiger partial charge in [0.25, 0.3) is 0 Å². The van der Waals surface area contributed by atoms with Crippen LogP contribution in [0.25, 0.3) is 0 Å². The fraction of sp³-hybridized carbons (Fsp3) is 0.533. The Morgan fingerprint density at radius 1 is 1.50 bits per heavy atom. The smallest absolute Gasteiger partial charge is 0.226 e. The summed E-state index contributed by atoms with van der Waals surface area (Å²) in [4.78, 5) is 13.9. The molecular formula is C15H22Cl2N2O. The van der Waals surface area contributed by atoms with E-state index >= 15 is 0 Å². The highest BCUT2D eigenvalue weighted by Crippen LogP contribution is 2.23. The number of carbonyl (C=O) groups excluding carboxylic acids is 1. The van der Waals surface area contributed by atoms with Crippen LogP contribution in [-0.4, -0.2) is 26.0 Å². The van der Waals surface area contributed by atoms with Gasteiger partial charge < -0.3 is 10.2 Å². The molecule has 1 N–H and O–H groups in total. The minimum Gasteiger partial charge on any atom is -0.316 e. The van der Waals surface area contributed by atoms with Crippen molar-refractivity contribution in [3.05, 3.63) is 28.8 Å². The molecule has 1 fully saturated rings. The van der Waals surface area contributed by atoms with E-state index in [1.165, 1.54) is 6.42 Å². The lowest BCUT2D eigenvalue weighted by atomic mass is 10.0. The third-order valence-electron chi connectivity index (χ3n) is 3.85. The molecule has 0 radical (unpaired) electrons. The number of nitrogens with zero attached hydrogens (tertiary/aromatic N) is 1. The van der Waals surface area contributed by atoms with Crippen molar-refractivity contribution in [2.24, 2.45) is 5.92 Å². The van der Waals surface area contributed by atoms with E-state index in [1.54, 1.807) is 4.90 Å². The SMILES string of the molecule is Cc1ccc(N(C)C(=O)CCC2CCNC2)cc1Cl.Cl. The number of anilines is 1. The molecule has 1 aliphatic rings. The number of hydrogen-bond acceptors (Lipinski definition) is 2.